The fraction of sp³-hybridized carbons (Fsp3) is 0.200. The van der Waals surface area contributed by atoms with Crippen LogP contribution in [0.25, 0.3) is 5.69 Å². The number of carbonyl (C=O) groups excluding carboxylic acids is 1. The van der Waals surface area contributed by atoms with Crippen LogP contribution in [0.15, 0.2) is 30.6 Å². The lowest BCUT2D eigenvalue weighted by Gasteiger charge is -2.10. The number of benzene rings is 1. The van der Waals surface area contributed by atoms with Crippen molar-refractivity contribution in [2.45, 2.75) is 0 Å². The number of aromatic nitrogens is 4. The fourth-order valence-electron chi connectivity index (χ4n) is 1.29. The molecule has 0 saturated carbocycles. The van der Waals surface area contributed by atoms with Crippen molar-refractivity contribution in [2.24, 2.45) is 0 Å². The van der Waals surface area contributed by atoms with Crippen molar-refractivity contribution in [1.29, 1.82) is 0 Å². The molecule has 0 unspecified atom stereocenters. The van der Waals surface area contributed by atoms with Crippen LogP contribution in [-0.2, 0) is 0 Å². The lowest BCUT2D eigenvalue weighted by atomic mass is 10.2. The first-order valence-corrected chi connectivity index (χ1v) is 4.73. The third-order valence-electron chi connectivity index (χ3n) is 2.13. The molecular weight excluding hydrogens is 206 g/mol. The number of amides is 1. The second-order valence-corrected chi connectivity index (χ2v) is 3.50. The van der Waals surface area contributed by atoms with Gasteiger partial charge in [-0.15, -0.1) is 5.10 Å². The topological polar surface area (TPSA) is 63.9 Å². The first kappa shape index (κ1) is 10.3. The van der Waals surface area contributed by atoms with Crippen molar-refractivity contribution in [3.63, 3.8) is 0 Å². The Morgan fingerprint density at radius 3 is 2.44 bits per heavy atom. The largest absolute Gasteiger partial charge is 0.345 e. The molecule has 0 fully saturated rings. The monoisotopic (exact) mass is 217 g/mol. The van der Waals surface area contributed by atoms with Crippen molar-refractivity contribution in [3.8, 4) is 5.69 Å². The van der Waals surface area contributed by atoms with Crippen LogP contribution in [0.4, 0.5) is 0 Å². The van der Waals surface area contributed by atoms with Crippen LogP contribution in [0.2, 0.25) is 0 Å². The summed E-state index contributed by atoms with van der Waals surface area (Å²) in [7, 11) is 3.44. The second kappa shape index (κ2) is 4.09. The van der Waals surface area contributed by atoms with Gasteiger partial charge in [-0.2, -0.15) is 0 Å². The Kier molecular flexibility index (Phi) is 2.63. The van der Waals surface area contributed by atoms with Crippen LogP contribution in [0, 0.1) is 0 Å². The maximum atomic E-state index is 11.6. The first-order valence-electron chi connectivity index (χ1n) is 4.73. The van der Waals surface area contributed by atoms with Crippen molar-refractivity contribution in [1.82, 2.24) is 25.1 Å². The number of hydrogen-bond acceptors (Lipinski definition) is 4. The summed E-state index contributed by atoms with van der Waals surface area (Å²) in [6.45, 7) is 0. The minimum atomic E-state index is -0.0248. The molecule has 82 valence electrons. The molecule has 0 bridgehead atoms. The summed E-state index contributed by atoms with van der Waals surface area (Å²) in [5, 5.41) is 10.8. The van der Waals surface area contributed by atoms with Gasteiger partial charge >= 0.3 is 0 Å². The van der Waals surface area contributed by atoms with Crippen molar-refractivity contribution >= 4 is 5.91 Å². The maximum Gasteiger partial charge on any atom is 0.253 e. The first-order chi connectivity index (χ1) is 7.68. The second-order valence-electron chi connectivity index (χ2n) is 3.50. The SMILES string of the molecule is CN(C)C(=O)c1ccc(-n2cnnn2)cc1. The summed E-state index contributed by atoms with van der Waals surface area (Å²) in [5.74, 6) is -0.0248. The molecule has 2 aromatic rings. The molecule has 0 aliphatic carbocycles. The minimum absolute atomic E-state index is 0.0248. The standard InChI is InChI=1S/C10H11N5O/c1-14(2)10(16)8-3-5-9(6-4-8)15-7-11-12-13-15/h3-7H,1-2H3. The highest BCUT2D eigenvalue weighted by molar-refractivity contribution is 5.94. The van der Waals surface area contributed by atoms with Gasteiger partial charge in [-0.25, -0.2) is 4.68 Å². The molecule has 16 heavy (non-hydrogen) atoms. The summed E-state index contributed by atoms with van der Waals surface area (Å²) in [6.07, 6.45) is 1.50. The van der Waals surface area contributed by atoms with E-state index in [0.717, 1.165) is 5.69 Å². The Bertz CT molecular complexity index is 474. The van der Waals surface area contributed by atoms with Gasteiger partial charge in [-0.1, -0.05) is 0 Å². The average Bonchev–Trinajstić information content (AvgIpc) is 2.81. The van der Waals surface area contributed by atoms with Gasteiger partial charge < -0.3 is 4.90 Å². The van der Waals surface area contributed by atoms with Gasteiger partial charge in [0, 0.05) is 19.7 Å². The van der Waals surface area contributed by atoms with Crippen molar-refractivity contribution in [3.05, 3.63) is 36.2 Å². The number of rotatable bonds is 2. The minimum Gasteiger partial charge on any atom is -0.345 e. The molecule has 6 nitrogen and oxygen atoms in total. The van der Waals surface area contributed by atoms with E-state index in [1.54, 1.807) is 38.4 Å². The van der Waals surface area contributed by atoms with E-state index >= 15 is 0 Å². The lowest BCUT2D eigenvalue weighted by Crippen LogP contribution is -2.21. The average molecular weight is 217 g/mol. The van der Waals surface area contributed by atoms with Crippen LogP contribution in [0.1, 0.15) is 10.4 Å². The Morgan fingerprint density at radius 2 is 1.94 bits per heavy atom. The van der Waals surface area contributed by atoms with Crippen LogP contribution in [0.3, 0.4) is 0 Å². The Morgan fingerprint density at radius 1 is 1.25 bits per heavy atom. The van der Waals surface area contributed by atoms with Gasteiger partial charge in [-0.3, -0.25) is 4.79 Å². The van der Waals surface area contributed by atoms with E-state index in [1.807, 2.05) is 0 Å². The van der Waals surface area contributed by atoms with Crippen LogP contribution in [-0.4, -0.2) is 45.1 Å². The third-order valence-corrected chi connectivity index (χ3v) is 2.13. The summed E-state index contributed by atoms with van der Waals surface area (Å²) >= 11 is 0. The summed E-state index contributed by atoms with van der Waals surface area (Å²) in [6, 6.07) is 7.10. The van der Waals surface area contributed by atoms with Gasteiger partial charge in [0.1, 0.15) is 6.33 Å². The molecule has 1 heterocycles. The molecule has 0 radical (unpaired) electrons. The van der Waals surface area contributed by atoms with E-state index in [2.05, 4.69) is 15.5 Å². The van der Waals surface area contributed by atoms with E-state index in [9.17, 15) is 4.79 Å². The molecule has 2 rings (SSSR count). The zero-order valence-electron chi connectivity index (χ0n) is 9.03. The van der Waals surface area contributed by atoms with Gasteiger partial charge in [0.15, 0.2) is 0 Å². The zero-order chi connectivity index (χ0) is 11.5. The van der Waals surface area contributed by atoms with E-state index < -0.39 is 0 Å². The Labute approximate surface area is 92.5 Å². The Balaban J connectivity index is 2.27. The third kappa shape index (κ3) is 1.90. The predicted molar refractivity (Wildman–Crippen MR) is 57.2 cm³/mol. The summed E-state index contributed by atoms with van der Waals surface area (Å²) < 4.78 is 1.53. The molecule has 6 heteroatoms. The highest BCUT2D eigenvalue weighted by atomic mass is 16.2. The lowest BCUT2D eigenvalue weighted by molar-refractivity contribution is 0.0827. The molecule has 0 atom stereocenters. The normalized spacial score (nSPS) is 10.1. The summed E-state index contributed by atoms with van der Waals surface area (Å²) in [4.78, 5) is 13.2. The molecule has 1 amide bonds. The van der Waals surface area contributed by atoms with E-state index in [-0.39, 0.29) is 5.91 Å². The molecule has 0 spiro atoms. The predicted octanol–water partition coefficient (Wildman–Crippen LogP) is 0.364. The molecule has 1 aromatic heterocycles. The van der Waals surface area contributed by atoms with E-state index in [4.69, 9.17) is 0 Å². The molecule has 0 saturated heterocycles. The zero-order valence-corrected chi connectivity index (χ0v) is 9.03. The molecule has 0 N–H and O–H groups in total. The molecular formula is C10H11N5O. The van der Waals surface area contributed by atoms with E-state index in [1.165, 1.54) is 15.9 Å². The van der Waals surface area contributed by atoms with Gasteiger partial charge in [-0.05, 0) is 34.7 Å². The van der Waals surface area contributed by atoms with Gasteiger partial charge in [0.05, 0.1) is 5.69 Å². The Hall–Kier alpha value is -2.24. The van der Waals surface area contributed by atoms with Crippen LogP contribution >= 0.6 is 0 Å². The van der Waals surface area contributed by atoms with Crippen LogP contribution < -0.4 is 0 Å². The molecule has 0 aliphatic rings. The summed E-state index contributed by atoms with van der Waals surface area (Å²) in [5.41, 5.74) is 1.46. The maximum absolute atomic E-state index is 11.6. The molecule has 0 aliphatic heterocycles. The van der Waals surface area contributed by atoms with E-state index in [0.29, 0.717) is 5.56 Å². The van der Waals surface area contributed by atoms with Crippen LogP contribution in [0.5, 0.6) is 0 Å². The van der Waals surface area contributed by atoms with Gasteiger partial charge in [0.2, 0.25) is 0 Å². The fourth-order valence-corrected chi connectivity index (χ4v) is 1.29. The van der Waals surface area contributed by atoms with Crippen molar-refractivity contribution < 1.29 is 4.79 Å². The molecule has 1 aromatic carbocycles. The number of carbonyl (C=O) groups is 1. The number of tetrazole rings is 1. The quantitative estimate of drug-likeness (QED) is 0.728. The number of nitrogens with zero attached hydrogens (tertiary/aromatic N) is 5. The number of hydrogen-bond donors (Lipinski definition) is 0. The highest BCUT2D eigenvalue weighted by Crippen LogP contribution is 2.08. The van der Waals surface area contributed by atoms with Gasteiger partial charge in [0.25, 0.3) is 5.91 Å². The van der Waals surface area contributed by atoms with Crippen molar-refractivity contribution in [2.75, 3.05) is 14.1 Å². The highest BCUT2D eigenvalue weighted by Gasteiger charge is 2.07. The smallest absolute Gasteiger partial charge is 0.253 e.